The fourth-order valence-electron chi connectivity index (χ4n) is 1.78. The Labute approximate surface area is 100 Å². The minimum absolute atomic E-state index is 0.201. The quantitative estimate of drug-likeness (QED) is 0.852. The Morgan fingerprint density at radius 1 is 1.35 bits per heavy atom. The molecule has 1 unspecified atom stereocenters. The summed E-state index contributed by atoms with van der Waals surface area (Å²) in [6, 6.07) is 6.75. The summed E-state index contributed by atoms with van der Waals surface area (Å²) in [4.78, 5) is 0. The zero-order valence-corrected chi connectivity index (χ0v) is 10.00. The number of rotatable bonds is 4. The minimum Gasteiger partial charge on any atom is -0.306 e. The number of aromatic nitrogens is 2. The maximum Gasteiger partial charge on any atom is 0.123 e. The van der Waals surface area contributed by atoms with Gasteiger partial charge >= 0.3 is 0 Å². The molecule has 2 aromatic rings. The van der Waals surface area contributed by atoms with Gasteiger partial charge in [0.15, 0.2) is 0 Å². The minimum atomic E-state index is -0.201. The normalized spacial score (nSPS) is 12.6. The van der Waals surface area contributed by atoms with E-state index in [1.165, 1.54) is 12.1 Å². The van der Waals surface area contributed by atoms with E-state index in [1.807, 2.05) is 13.1 Å². The second-order valence-corrected chi connectivity index (χ2v) is 4.18. The molecule has 0 aliphatic carbocycles. The number of halogens is 1. The highest BCUT2D eigenvalue weighted by Gasteiger charge is 2.09. The highest BCUT2D eigenvalue weighted by atomic mass is 19.1. The van der Waals surface area contributed by atoms with Gasteiger partial charge in [0, 0.05) is 23.8 Å². The molecule has 0 saturated carbocycles. The van der Waals surface area contributed by atoms with Crippen LogP contribution in [0.5, 0.6) is 0 Å². The number of H-pyrrole nitrogens is 1. The molecular formula is C13H16FN3. The van der Waals surface area contributed by atoms with Crippen LogP contribution in [0.1, 0.15) is 29.8 Å². The SMILES string of the molecule is Cc1[nH]ncc1C(C)NCc1ccc(F)cc1. The van der Waals surface area contributed by atoms with E-state index in [-0.39, 0.29) is 11.9 Å². The highest BCUT2D eigenvalue weighted by Crippen LogP contribution is 2.15. The molecule has 90 valence electrons. The lowest BCUT2D eigenvalue weighted by molar-refractivity contribution is 0.570. The van der Waals surface area contributed by atoms with E-state index in [1.54, 1.807) is 12.1 Å². The average molecular weight is 233 g/mol. The molecule has 0 radical (unpaired) electrons. The van der Waals surface area contributed by atoms with Crippen LogP contribution >= 0.6 is 0 Å². The standard InChI is InChI=1S/C13H16FN3/c1-9(13-8-16-17-10(13)2)15-7-11-3-5-12(14)6-4-11/h3-6,8-9,15H,7H2,1-2H3,(H,16,17). The van der Waals surface area contributed by atoms with Crippen molar-refractivity contribution in [3.8, 4) is 0 Å². The van der Waals surface area contributed by atoms with Gasteiger partial charge in [-0.2, -0.15) is 5.10 Å². The fourth-order valence-corrected chi connectivity index (χ4v) is 1.78. The van der Waals surface area contributed by atoms with Crippen molar-refractivity contribution in [2.45, 2.75) is 26.4 Å². The molecule has 0 fully saturated rings. The summed E-state index contributed by atoms with van der Waals surface area (Å²) in [6.45, 7) is 4.80. The van der Waals surface area contributed by atoms with Crippen molar-refractivity contribution < 1.29 is 4.39 Å². The smallest absolute Gasteiger partial charge is 0.123 e. The molecule has 0 spiro atoms. The Hall–Kier alpha value is -1.68. The van der Waals surface area contributed by atoms with Crippen LogP contribution in [0.3, 0.4) is 0 Å². The Balaban J connectivity index is 1.94. The topological polar surface area (TPSA) is 40.7 Å². The lowest BCUT2D eigenvalue weighted by Crippen LogP contribution is -2.18. The van der Waals surface area contributed by atoms with Gasteiger partial charge in [-0.3, -0.25) is 5.10 Å². The van der Waals surface area contributed by atoms with Gasteiger partial charge in [-0.05, 0) is 31.5 Å². The van der Waals surface area contributed by atoms with Crippen LogP contribution in [-0.4, -0.2) is 10.2 Å². The molecule has 0 saturated heterocycles. The maximum absolute atomic E-state index is 12.7. The Morgan fingerprint density at radius 2 is 2.06 bits per heavy atom. The maximum atomic E-state index is 12.7. The van der Waals surface area contributed by atoms with E-state index in [4.69, 9.17) is 0 Å². The number of aryl methyl sites for hydroxylation is 1. The predicted molar refractivity (Wildman–Crippen MR) is 65.0 cm³/mol. The first kappa shape index (κ1) is 11.8. The van der Waals surface area contributed by atoms with E-state index >= 15 is 0 Å². The summed E-state index contributed by atoms with van der Waals surface area (Å²) in [7, 11) is 0. The average Bonchev–Trinajstić information content (AvgIpc) is 2.74. The number of hydrogen-bond acceptors (Lipinski definition) is 2. The monoisotopic (exact) mass is 233 g/mol. The number of aromatic amines is 1. The first-order valence-corrected chi connectivity index (χ1v) is 5.64. The number of nitrogens with one attached hydrogen (secondary N) is 2. The third-order valence-corrected chi connectivity index (χ3v) is 2.86. The van der Waals surface area contributed by atoms with Gasteiger partial charge in [0.1, 0.15) is 5.82 Å². The molecule has 0 aliphatic heterocycles. The fraction of sp³-hybridized carbons (Fsp3) is 0.308. The molecule has 1 heterocycles. The molecule has 2 rings (SSSR count). The summed E-state index contributed by atoms with van der Waals surface area (Å²) in [5.74, 6) is -0.201. The van der Waals surface area contributed by atoms with Crippen LogP contribution in [0, 0.1) is 12.7 Å². The van der Waals surface area contributed by atoms with E-state index < -0.39 is 0 Å². The second-order valence-electron chi connectivity index (χ2n) is 4.18. The Morgan fingerprint density at radius 3 is 2.65 bits per heavy atom. The van der Waals surface area contributed by atoms with Crippen LogP contribution in [0.4, 0.5) is 4.39 Å². The lowest BCUT2D eigenvalue weighted by atomic mass is 10.1. The van der Waals surface area contributed by atoms with Gasteiger partial charge in [0.05, 0.1) is 6.20 Å². The predicted octanol–water partition coefficient (Wildman–Crippen LogP) is 2.71. The molecule has 4 heteroatoms. The van der Waals surface area contributed by atoms with Gasteiger partial charge in [-0.1, -0.05) is 12.1 Å². The van der Waals surface area contributed by atoms with E-state index in [0.29, 0.717) is 6.54 Å². The molecule has 0 amide bonds. The van der Waals surface area contributed by atoms with Crippen LogP contribution in [0.25, 0.3) is 0 Å². The molecule has 0 aliphatic rings. The number of benzene rings is 1. The van der Waals surface area contributed by atoms with Crippen molar-refractivity contribution >= 4 is 0 Å². The van der Waals surface area contributed by atoms with Crippen LogP contribution < -0.4 is 5.32 Å². The van der Waals surface area contributed by atoms with Crippen LogP contribution in [0.15, 0.2) is 30.5 Å². The van der Waals surface area contributed by atoms with Crippen molar-refractivity contribution in [2.75, 3.05) is 0 Å². The molecular weight excluding hydrogens is 217 g/mol. The Kier molecular flexibility index (Phi) is 3.54. The molecule has 0 bridgehead atoms. The summed E-state index contributed by atoms with van der Waals surface area (Å²) in [5, 5.41) is 10.3. The van der Waals surface area contributed by atoms with Crippen molar-refractivity contribution in [3.63, 3.8) is 0 Å². The van der Waals surface area contributed by atoms with Gasteiger partial charge in [0.2, 0.25) is 0 Å². The van der Waals surface area contributed by atoms with Crippen LogP contribution in [0.2, 0.25) is 0 Å². The van der Waals surface area contributed by atoms with Crippen molar-refractivity contribution in [1.29, 1.82) is 0 Å². The summed E-state index contributed by atoms with van der Waals surface area (Å²) in [5.41, 5.74) is 3.30. The molecule has 1 atom stereocenters. The van der Waals surface area contributed by atoms with Gasteiger partial charge in [0.25, 0.3) is 0 Å². The Bertz CT molecular complexity index is 476. The summed E-state index contributed by atoms with van der Waals surface area (Å²) in [6.07, 6.45) is 1.83. The molecule has 1 aromatic carbocycles. The molecule has 2 N–H and O–H groups in total. The summed E-state index contributed by atoms with van der Waals surface area (Å²) < 4.78 is 12.7. The largest absolute Gasteiger partial charge is 0.306 e. The van der Waals surface area contributed by atoms with E-state index in [9.17, 15) is 4.39 Å². The van der Waals surface area contributed by atoms with E-state index in [0.717, 1.165) is 16.8 Å². The first-order valence-electron chi connectivity index (χ1n) is 5.64. The van der Waals surface area contributed by atoms with Crippen molar-refractivity contribution in [2.24, 2.45) is 0 Å². The second kappa shape index (κ2) is 5.10. The number of hydrogen-bond donors (Lipinski definition) is 2. The highest BCUT2D eigenvalue weighted by molar-refractivity contribution is 5.20. The zero-order valence-electron chi connectivity index (χ0n) is 10.00. The number of nitrogens with zero attached hydrogens (tertiary/aromatic N) is 1. The first-order chi connectivity index (χ1) is 8.16. The van der Waals surface area contributed by atoms with Crippen molar-refractivity contribution in [1.82, 2.24) is 15.5 Å². The van der Waals surface area contributed by atoms with Gasteiger partial charge in [-0.15, -0.1) is 0 Å². The molecule has 17 heavy (non-hydrogen) atoms. The third-order valence-electron chi connectivity index (χ3n) is 2.86. The van der Waals surface area contributed by atoms with Crippen LogP contribution in [-0.2, 0) is 6.54 Å². The zero-order chi connectivity index (χ0) is 12.3. The molecule has 3 nitrogen and oxygen atoms in total. The third kappa shape index (κ3) is 2.91. The van der Waals surface area contributed by atoms with Crippen molar-refractivity contribution in [3.05, 3.63) is 53.1 Å². The van der Waals surface area contributed by atoms with Gasteiger partial charge in [-0.25, -0.2) is 4.39 Å². The molecule has 1 aromatic heterocycles. The van der Waals surface area contributed by atoms with Gasteiger partial charge < -0.3 is 5.32 Å². The lowest BCUT2D eigenvalue weighted by Gasteiger charge is -2.13. The summed E-state index contributed by atoms with van der Waals surface area (Å²) >= 11 is 0. The van der Waals surface area contributed by atoms with E-state index in [2.05, 4.69) is 22.4 Å².